The molecule has 0 saturated heterocycles. The summed E-state index contributed by atoms with van der Waals surface area (Å²) < 4.78 is 0. The van der Waals surface area contributed by atoms with E-state index in [1.807, 2.05) is 0 Å². The zero-order valence-corrected chi connectivity index (χ0v) is 30.4. The number of rotatable bonds is 10. The number of para-hydroxylation sites is 2. The first-order valence-electron chi connectivity index (χ1n) is 17.9. The zero-order valence-electron chi connectivity index (χ0n) is 30.4. The second-order valence-electron chi connectivity index (χ2n) is 13.4. The van der Waals surface area contributed by atoms with Crippen LogP contribution in [0, 0.1) is 27.7 Å². The Morgan fingerprint density at radius 2 is 0.673 bits per heavy atom. The van der Waals surface area contributed by atoms with Crippen LogP contribution in [0.4, 0.5) is 34.1 Å². The van der Waals surface area contributed by atoms with Crippen molar-refractivity contribution in [3.8, 4) is 0 Å². The predicted octanol–water partition coefficient (Wildman–Crippen LogP) is 14.2. The van der Waals surface area contributed by atoms with Crippen molar-refractivity contribution in [2.24, 2.45) is 0 Å². The van der Waals surface area contributed by atoms with Gasteiger partial charge in [-0.1, -0.05) is 126 Å². The maximum atomic E-state index is 2.31. The van der Waals surface area contributed by atoms with Crippen LogP contribution in [-0.4, -0.2) is 0 Å². The van der Waals surface area contributed by atoms with E-state index in [0.717, 1.165) is 34.1 Å². The van der Waals surface area contributed by atoms with Gasteiger partial charge >= 0.3 is 0 Å². The molecular formula is C50H44N2. The SMILES string of the molecule is Cc1ccc(N(c2ccccc2)c2ccc(/C=C/c3cccc(/C=C/c4ccc(N(c5ccccc5)c5ccc(C)cc5)cc4C)c3)c(C)c2)cc1. The van der Waals surface area contributed by atoms with E-state index in [1.54, 1.807) is 0 Å². The third kappa shape index (κ3) is 7.98. The molecule has 0 aliphatic carbocycles. The van der Waals surface area contributed by atoms with E-state index in [-0.39, 0.29) is 0 Å². The number of hydrogen-bond donors (Lipinski definition) is 0. The van der Waals surface area contributed by atoms with E-state index < -0.39 is 0 Å². The Labute approximate surface area is 309 Å². The Hall–Kier alpha value is -6.38. The van der Waals surface area contributed by atoms with Crippen LogP contribution in [0.25, 0.3) is 24.3 Å². The molecule has 2 heteroatoms. The van der Waals surface area contributed by atoms with E-state index in [0.29, 0.717) is 0 Å². The number of aryl methyl sites for hydroxylation is 4. The van der Waals surface area contributed by atoms with Gasteiger partial charge in [0.1, 0.15) is 0 Å². The highest BCUT2D eigenvalue weighted by molar-refractivity contribution is 5.81. The Balaban J connectivity index is 1.09. The fourth-order valence-corrected chi connectivity index (χ4v) is 6.55. The molecule has 0 saturated carbocycles. The molecule has 0 unspecified atom stereocenters. The van der Waals surface area contributed by atoms with Crippen LogP contribution < -0.4 is 9.80 Å². The van der Waals surface area contributed by atoms with Gasteiger partial charge in [0, 0.05) is 34.1 Å². The van der Waals surface area contributed by atoms with Gasteiger partial charge in [-0.2, -0.15) is 0 Å². The maximum absolute atomic E-state index is 2.31. The largest absolute Gasteiger partial charge is 0.310 e. The van der Waals surface area contributed by atoms with Gasteiger partial charge in [-0.3, -0.25) is 0 Å². The summed E-state index contributed by atoms with van der Waals surface area (Å²) in [6, 6.07) is 60.7. The lowest BCUT2D eigenvalue weighted by Crippen LogP contribution is -2.10. The molecule has 0 spiro atoms. The average Bonchev–Trinajstić information content (AvgIpc) is 3.17. The summed E-state index contributed by atoms with van der Waals surface area (Å²) in [5.41, 5.74) is 16.5. The third-order valence-corrected chi connectivity index (χ3v) is 9.46. The van der Waals surface area contributed by atoms with Crippen LogP contribution in [0.5, 0.6) is 0 Å². The summed E-state index contributed by atoms with van der Waals surface area (Å²) >= 11 is 0. The topological polar surface area (TPSA) is 6.48 Å². The zero-order chi connectivity index (χ0) is 35.9. The number of anilines is 6. The van der Waals surface area contributed by atoms with Crippen LogP contribution in [0.2, 0.25) is 0 Å². The highest BCUT2D eigenvalue weighted by Crippen LogP contribution is 2.37. The molecule has 0 fully saturated rings. The van der Waals surface area contributed by atoms with Crippen molar-refractivity contribution in [1.29, 1.82) is 0 Å². The van der Waals surface area contributed by atoms with E-state index in [2.05, 4.69) is 232 Å². The summed E-state index contributed by atoms with van der Waals surface area (Å²) in [4.78, 5) is 4.63. The predicted molar refractivity (Wildman–Crippen MR) is 225 cm³/mol. The molecule has 7 aromatic carbocycles. The smallest absolute Gasteiger partial charge is 0.0464 e. The monoisotopic (exact) mass is 672 g/mol. The Morgan fingerprint density at radius 1 is 0.308 bits per heavy atom. The molecule has 0 atom stereocenters. The lowest BCUT2D eigenvalue weighted by Gasteiger charge is -2.26. The number of hydrogen-bond acceptors (Lipinski definition) is 2. The van der Waals surface area contributed by atoms with Crippen molar-refractivity contribution in [3.63, 3.8) is 0 Å². The minimum absolute atomic E-state index is 1.14. The van der Waals surface area contributed by atoms with Crippen molar-refractivity contribution in [3.05, 3.63) is 214 Å². The highest BCUT2D eigenvalue weighted by atomic mass is 15.1. The lowest BCUT2D eigenvalue weighted by molar-refractivity contribution is 1.26. The van der Waals surface area contributed by atoms with E-state index in [9.17, 15) is 0 Å². The molecule has 7 rings (SSSR count). The van der Waals surface area contributed by atoms with Gasteiger partial charge in [-0.25, -0.2) is 0 Å². The van der Waals surface area contributed by atoms with Crippen molar-refractivity contribution in [2.45, 2.75) is 27.7 Å². The van der Waals surface area contributed by atoms with Crippen molar-refractivity contribution >= 4 is 58.4 Å². The first kappa shape index (κ1) is 34.1. The molecule has 0 radical (unpaired) electrons. The molecule has 52 heavy (non-hydrogen) atoms. The Bertz CT molecular complexity index is 2150. The standard InChI is InChI=1S/C50H44N2/c1-37-18-28-47(29-19-37)51(45-14-7-5-8-15-45)49-32-26-43(39(3)34-49)24-22-41-12-11-13-42(36-41)23-25-44-27-33-50(35-40(44)4)52(46-16-9-6-10-17-46)48-30-20-38(2)21-31-48/h5-36H,1-4H3/b24-22+,25-23+. The first-order chi connectivity index (χ1) is 25.4. The number of nitrogens with zero attached hydrogens (tertiary/aromatic N) is 2. The summed E-state index contributed by atoms with van der Waals surface area (Å²) in [6.07, 6.45) is 8.85. The van der Waals surface area contributed by atoms with Crippen molar-refractivity contribution < 1.29 is 0 Å². The quantitative estimate of drug-likeness (QED) is 0.133. The Morgan fingerprint density at radius 3 is 1.06 bits per heavy atom. The summed E-state index contributed by atoms with van der Waals surface area (Å²) in [5, 5.41) is 0. The molecule has 0 aromatic heterocycles. The second-order valence-corrected chi connectivity index (χ2v) is 13.4. The van der Waals surface area contributed by atoms with E-state index in [4.69, 9.17) is 0 Å². The molecule has 7 aromatic rings. The van der Waals surface area contributed by atoms with E-state index in [1.165, 1.54) is 44.5 Å². The van der Waals surface area contributed by atoms with Gasteiger partial charge in [0.05, 0.1) is 0 Å². The van der Waals surface area contributed by atoms with Crippen LogP contribution in [0.3, 0.4) is 0 Å². The van der Waals surface area contributed by atoms with Crippen LogP contribution in [-0.2, 0) is 0 Å². The molecule has 0 bridgehead atoms. The van der Waals surface area contributed by atoms with Crippen molar-refractivity contribution in [2.75, 3.05) is 9.80 Å². The second kappa shape index (κ2) is 15.7. The summed E-state index contributed by atoms with van der Waals surface area (Å²) in [6.45, 7) is 8.63. The van der Waals surface area contributed by atoms with Crippen LogP contribution >= 0.6 is 0 Å². The fraction of sp³-hybridized carbons (Fsp3) is 0.0800. The maximum Gasteiger partial charge on any atom is 0.0464 e. The molecule has 254 valence electrons. The van der Waals surface area contributed by atoms with Gasteiger partial charge in [-0.05, 0) is 140 Å². The number of benzene rings is 7. The summed E-state index contributed by atoms with van der Waals surface area (Å²) in [7, 11) is 0. The molecule has 0 N–H and O–H groups in total. The van der Waals surface area contributed by atoms with Crippen molar-refractivity contribution in [1.82, 2.24) is 0 Å². The van der Waals surface area contributed by atoms with Gasteiger partial charge in [0.2, 0.25) is 0 Å². The molecule has 0 aliphatic heterocycles. The van der Waals surface area contributed by atoms with Gasteiger partial charge in [0.15, 0.2) is 0 Å². The van der Waals surface area contributed by atoms with Gasteiger partial charge in [-0.15, -0.1) is 0 Å². The molecule has 2 nitrogen and oxygen atoms in total. The highest BCUT2D eigenvalue weighted by Gasteiger charge is 2.14. The van der Waals surface area contributed by atoms with E-state index >= 15 is 0 Å². The molecular weight excluding hydrogens is 629 g/mol. The van der Waals surface area contributed by atoms with Gasteiger partial charge in [0.25, 0.3) is 0 Å². The first-order valence-corrected chi connectivity index (χ1v) is 17.9. The average molecular weight is 673 g/mol. The molecule has 0 amide bonds. The van der Waals surface area contributed by atoms with Gasteiger partial charge < -0.3 is 9.80 Å². The third-order valence-electron chi connectivity index (χ3n) is 9.46. The van der Waals surface area contributed by atoms with Crippen LogP contribution in [0.1, 0.15) is 44.5 Å². The normalized spacial score (nSPS) is 11.3. The Kier molecular flexibility index (Phi) is 10.3. The minimum Gasteiger partial charge on any atom is -0.310 e. The minimum atomic E-state index is 1.14. The fourth-order valence-electron chi connectivity index (χ4n) is 6.55. The van der Waals surface area contributed by atoms with Crippen LogP contribution in [0.15, 0.2) is 170 Å². The lowest BCUT2D eigenvalue weighted by atomic mass is 10.0. The molecule has 0 heterocycles. The molecule has 0 aliphatic rings. The summed E-state index contributed by atoms with van der Waals surface area (Å²) in [5.74, 6) is 0.